The third-order valence-corrected chi connectivity index (χ3v) is 3.65. The van der Waals surface area contributed by atoms with Crippen molar-refractivity contribution in [2.45, 2.75) is 18.7 Å². The third kappa shape index (κ3) is 3.11. The van der Waals surface area contributed by atoms with Crippen LogP contribution in [0, 0.1) is 13.8 Å². The normalized spacial score (nSPS) is 10.3. The van der Waals surface area contributed by atoms with E-state index in [-0.39, 0.29) is 5.56 Å². The van der Waals surface area contributed by atoms with Crippen molar-refractivity contribution in [1.82, 2.24) is 4.98 Å². The van der Waals surface area contributed by atoms with E-state index in [4.69, 9.17) is 0 Å². The van der Waals surface area contributed by atoms with Gasteiger partial charge in [0.2, 0.25) is 0 Å². The van der Waals surface area contributed by atoms with Crippen LogP contribution in [0.15, 0.2) is 35.2 Å². The first-order valence-corrected chi connectivity index (χ1v) is 7.36. The molecule has 0 saturated carbocycles. The number of aryl methyl sites for hydroxylation is 2. The molecule has 0 aliphatic rings. The van der Waals surface area contributed by atoms with Crippen molar-refractivity contribution in [1.29, 1.82) is 0 Å². The molecule has 0 fully saturated rings. The number of anilines is 2. The van der Waals surface area contributed by atoms with Gasteiger partial charge in [-0.3, -0.25) is 0 Å². The van der Waals surface area contributed by atoms with E-state index in [9.17, 15) is 9.90 Å². The van der Waals surface area contributed by atoms with Crippen LogP contribution in [0.5, 0.6) is 0 Å². The maximum atomic E-state index is 11.4. The highest BCUT2D eigenvalue weighted by molar-refractivity contribution is 7.98. The molecular weight excluding hydrogens is 272 g/mol. The molecule has 2 aromatic rings. The van der Waals surface area contributed by atoms with Gasteiger partial charge in [-0.1, -0.05) is 0 Å². The summed E-state index contributed by atoms with van der Waals surface area (Å²) in [7, 11) is 0. The minimum absolute atomic E-state index is 0.213. The Morgan fingerprint density at radius 2 is 1.90 bits per heavy atom. The Morgan fingerprint density at radius 3 is 2.45 bits per heavy atom. The van der Waals surface area contributed by atoms with Gasteiger partial charge >= 0.3 is 5.97 Å². The van der Waals surface area contributed by atoms with E-state index < -0.39 is 5.97 Å². The van der Waals surface area contributed by atoms with Crippen LogP contribution < -0.4 is 5.32 Å². The summed E-state index contributed by atoms with van der Waals surface area (Å²) in [5.41, 5.74) is 2.52. The highest BCUT2D eigenvalue weighted by atomic mass is 32.2. The van der Waals surface area contributed by atoms with Gasteiger partial charge in [0.25, 0.3) is 0 Å². The van der Waals surface area contributed by atoms with Gasteiger partial charge in [0, 0.05) is 16.3 Å². The number of benzene rings is 1. The summed E-state index contributed by atoms with van der Waals surface area (Å²) in [4.78, 5) is 16.8. The number of aromatic nitrogens is 1. The first kappa shape index (κ1) is 14.4. The van der Waals surface area contributed by atoms with E-state index in [1.165, 1.54) is 0 Å². The number of rotatable bonds is 4. The first-order valence-electron chi connectivity index (χ1n) is 6.14. The van der Waals surface area contributed by atoms with Crippen molar-refractivity contribution in [2.75, 3.05) is 11.6 Å². The van der Waals surface area contributed by atoms with Gasteiger partial charge in [-0.15, -0.1) is 11.8 Å². The van der Waals surface area contributed by atoms with Gasteiger partial charge in [0.1, 0.15) is 11.4 Å². The summed E-state index contributed by atoms with van der Waals surface area (Å²) in [5, 5.41) is 12.4. The van der Waals surface area contributed by atoms with Crippen molar-refractivity contribution in [3.05, 3.63) is 47.2 Å². The maximum absolute atomic E-state index is 11.4. The van der Waals surface area contributed by atoms with Gasteiger partial charge in [-0.2, -0.15) is 0 Å². The number of thioether (sulfide) groups is 1. The zero-order valence-electron chi connectivity index (χ0n) is 11.6. The molecule has 1 aromatic heterocycles. The number of nitrogens with one attached hydrogen (secondary N) is 1. The molecule has 0 aliphatic heterocycles. The molecule has 0 bridgehead atoms. The highest BCUT2D eigenvalue weighted by Crippen LogP contribution is 2.24. The summed E-state index contributed by atoms with van der Waals surface area (Å²) < 4.78 is 0. The molecule has 0 spiro atoms. The van der Waals surface area contributed by atoms with E-state index in [0.29, 0.717) is 11.4 Å². The van der Waals surface area contributed by atoms with E-state index >= 15 is 0 Å². The predicted molar refractivity (Wildman–Crippen MR) is 82.2 cm³/mol. The number of carboxylic acid groups (broad SMARTS) is 1. The topological polar surface area (TPSA) is 62.2 Å². The summed E-state index contributed by atoms with van der Waals surface area (Å²) in [5.74, 6) is -0.592. The molecule has 2 N–H and O–H groups in total. The van der Waals surface area contributed by atoms with Crippen molar-refractivity contribution in [3.63, 3.8) is 0 Å². The average Bonchev–Trinajstić information content (AvgIpc) is 2.38. The van der Waals surface area contributed by atoms with Crippen LogP contribution in [0.2, 0.25) is 0 Å². The summed E-state index contributed by atoms with van der Waals surface area (Å²) in [6.07, 6.45) is 2.01. The number of pyridine rings is 1. The molecule has 2 rings (SSSR count). The summed E-state index contributed by atoms with van der Waals surface area (Å²) in [6.45, 7) is 3.63. The Labute approximate surface area is 122 Å². The largest absolute Gasteiger partial charge is 0.478 e. The predicted octanol–water partition coefficient (Wildman–Crippen LogP) is 3.86. The molecule has 20 heavy (non-hydrogen) atoms. The Kier molecular flexibility index (Phi) is 4.29. The third-order valence-electron chi connectivity index (χ3n) is 2.91. The first-order chi connectivity index (χ1) is 9.51. The molecule has 104 valence electrons. The van der Waals surface area contributed by atoms with E-state index in [2.05, 4.69) is 10.3 Å². The lowest BCUT2D eigenvalue weighted by molar-refractivity contribution is 0.0697. The van der Waals surface area contributed by atoms with Crippen LogP contribution >= 0.6 is 11.8 Å². The molecule has 5 heteroatoms. The van der Waals surface area contributed by atoms with E-state index in [1.807, 2.05) is 37.4 Å². The van der Waals surface area contributed by atoms with Crippen LogP contribution in [-0.4, -0.2) is 22.3 Å². The maximum Gasteiger partial charge on any atom is 0.339 e. The SMILES string of the molecule is CSc1ccc(Nc2nc(C)cc(C)c2C(=O)O)cc1. The van der Waals surface area contributed by atoms with Crippen molar-refractivity contribution in [3.8, 4) is 0 Å². The molecule has 1 heterocycles. The van der Waals surface area contributed by atoms with Crippen molar-refractivity contribution < 1.29 is 9.90 Å². The van der Waals surface area contributed by atoms with Gasteiger partial charge in [-0.25, -0.2) is 9.78 Å². The van der Waals surface area contributed by atoms with Gasteiger partial charge < -0.3 is 10.4 Å². The number of carboxylic acids is 1. The molecule has 0 atom stereocenters. The molecule has 0 aliphatic carbocycles. The lowest BCUT2D eigenvalue weighted by atomic mass is 10.1. The fraction of sp³-hybridized carbons (Fsp3) is 0.200. The fourth-order valence-corrected chi connectivity index (χ4v) is 2.42. The molecular formula is C15H16N2O2S. The minimum atomic E-state index is -0.974. The second-order valence-electron chi connectivity index (χ2n) is 4.46. The number of carbonyl (C=O) groups is 1. The quantitative estimate of drug-likeness (QED) is 0.836. The van der Waals surface area contributed by atoms with Crippen LogP contribution in [0.4, 0.5) is 11.5 Å². The Morgan fingerprint density at radius 1 is 1.25 bits per heavy atom. The van der Waals surface area contributed by atoms with E-state index in [1.54, 1.807) is 24.8 Å². The van der Waals surface area contributed by atoms with Crippen LogP contribution in [-0.2, 0) is 0 Å². The number of aromatic carboxylic acids is 1. The highest BCUT2D eigenvalue weighted by Gasteiger charge is 2.15. The number of hydrogen-bond donors (Lipinski definition) is 2. The van der Waals surface area contributed by atoms with Crippen LogP contribution in [0.25, 0.3) is 0 Å². The second-order valence-corrected chi connectivity index (χ2v) is 5.34. The smallest absolute Gasteiger partial charge is 0.339 e. The minimum Gasteiger partial charge on any atom is -0.478 e. The summed E-state index contributed by atoms with van der Waals surface area (Å²) >= 11 is 1.66. The van der Waals surface area contributed by atoms with Gasteiger partial charge in [0.05, 0.1) is 0 Å². The molecule has 0 amide bonds. The number of hydrogen-bond acceptors (Lipinski definition) is 4. The average molecular weight is 288 g/mol. The second kappa shape index (κ2) is 5.96. The summed E-state index contributed by atoms with van der Waals surface area (Å²) in [6, 6.07) is 9.56. The molecule has 0 unspecified atom stereocenters. The molecule has 0 saturated heterocycles. The lowest BCUT2D eigenvalue weighted by Gasteiger charge is -2.12. The van der Waals surface area contributed by atoms with Crippen LogP contribution in [0.3, 0.4) is 0 Å². The zero-order chi connectivity index (χ0) is 14.7. The Bertz CT molecular complexity index is 639. The zero-order valence-corrected chi connectivity index (χ0v) is 12.4. The van der Waals surface area contributed by atoms with Crippen molar-refractivity contribution in [2.24, 2.45) is 0 Å². The Balaban J connectivity index is 2.39. The molecule has 4 nitrogen and oxygen atoms in total. The van der Waals surface area contributed by atoms with Crippen molar-refractivity contribution >= 4 is 29.2 Å². The standard InChI is InChI=1S/C15H16N2O2S/c1-9-8-10(2)16-14(13(9)15(18)19)17-11-4-6-12(20-3)7-5-11/h4-8H,1-3H3,(H,16,17)(H,18,19). The molecule has 1 aromatic carbocycles. The monoisotopic (exact) mass is 288 g/mol. The molecule has 0 radical (unpaired) electrons. The van der Waals surface area contributed by atoms with Gasteiger partial charge in [0.15, 0.2) is 0 Å². The fourth-order valence-electron chi connectivity index (χ4n) is 2.01. The Hall–Kier alpha value is -2.01. The van der Waals surface area contributed by atoms with Gasteiger partial charge in [-0.05, 0) is 56.0 Å². The lowest BCUT2D eigenvalue weighted by Crippen LogP contribution is -2.08. The van der Waals surface area contributed by atoms with Crippen LogP contribution in [0.1, 0.15) is 21.6 Å². The van der Waals surface area contributed by atoms with E-state index in [0.717, 1.165) is 16.3 Å². The number of nitrogens with zero attached hydrogens (tertiary/aromatic N) is 1.